The number of rotatable bonds is 18. The Hall–Kier alpha value is -0.810. The lowest BCUT2D eigenvalue weighted by Crippen LogP contribution is -2.59. The summed E-state index contributed by atoms with van der Waals surface area (Å²) in [4.78, 5) is 11.9. The van der Waals surface area contributed by atoms with Gasteiger partial charge in [0.15, 0.2) is 6.29 Å². The van der Waals surface area contributed by atoms with E-state index in [0.29, 0.717) is 13.0 Å². The molecule has 9 nitrogen and oxygen atoms in total. The molecule has 1 fully saturated rings. The Morgan fingerprint density at radius 1 is 0.875 bits per heavy atom. The molecule has 190 valence electrons. The number of carbonyl (C=O) groups excluding carboxylic acids is 1. The summed E-state index contributed by atoms with van der Waals surface area (Å²) in [5, 5.41) is 39.1. The molecule has 0 spiro atoms. The van der Waals surface area contributed by atoms with Crippen LogP contribution in [0.4, 0.5) is 0 Å². The average Bonchev–Trinajstić information content (AvgIpc) is 2.78. The van der Waals surface area contributed by atoms with Gasteiger partial charge in [-0.2, -0.15) is 0 Å². The van der Waals surface area contributed by atoms with Crippen LogP contribution < -0.4 is 0 Å². The molecule has 1 aliphatic heterocycles. The molecule has 32 heavy (non-hydrogen) atoms. The molecule has 9 heteroatoms. The van der Waals surface area contributed by atoms with E-state index < -0.39 is 43.4 Å². The number of ether oxygens (including phenoxy) is 4. The van der Waals surface area contributed by atoms with Crippen LogP contribution in [-0.2, 0) is 23.7 Å². The second kappa shape index (κ2) is 17.6. The molecule has 0 radical (unpaired) electrons. The Kier molecular flexibility index (Phi) is 16.1. The Balaban J connectivity index is 2.38. The van der Waals surface area contributed by atoms with Gasteiger partial charge in [0.1, 0.15) is 30.5 Å². The average molecular weight is 465 g/mol. The quantitative estimate of drug-likeness (QED) is 0.176. The number of carbonyl (C=O) groups is 1. The Morgan fingerprint density at radius 2 is 1.53 bits per heavy atom. The highest BCUT2D eigenvalue weighted by molar-refractivity contribution is 5.69. The van der Waals surface area contributed by atoms with E-state index in [2.05, 4.69) is 6.92 Å². The van der Waals surface area contributed by atoms with Crippen molar-refractivity contribution >= 4 is 5.97 Å². The van der Waals surface area contributed by atoms with Gasteiger partial charge in [-0.05, 0) is 12.8 Å². The van der Waals surface area contributed by atoms with Gasteiger partial charge < -0.3 is 39.4 Å². The third kappa shape index (κ3) is 11.4. The minimum atomic E-state index is -1.52. The Morgan fingerprint density at radius 3 is 2.16 bits per heavy atom. The SMILES string of the molecule is CCCCCCCCCCOCC(COC1OC(CO)C(O)C(O)C1O)OC(=O)CCC. The molecule has 0 aromatic rings. The summed E-state index contributed by atoms with van der Waals surface area (Å²) in [5.41, 5.74) is 0. The monoisotopic (exact) mass is 464 g/mol. The highest BCUT2D eigenvalue weighted by Crippen LogP contribution is 2.22. The van der Waals surface area contributed by atoms with Crippen LogP contribution in [0.1, 0.15) is 78.1 Å². The first-order chi connectivity index (χ1) is 15.4. The van der Waals surface area contributed by atoms with Crippen molar-refractivity contribution in [3.8, 4) is 0 Å². The third-order valence-electron chi connectivity index (χ3n) is 5.49. The van der Waals surface area contributed by atoms with Gasteiger partial charge in [0.2, 0.25) is 0 Å². The van der Waals surface area contributed by atoms with Gasteiger partial charge in [0.05, 0.1) is 19.8 Å². The molecule has 6 unspecified atom stereocenters. The summed E-state index contributed by atoms with van der Waals surface area (Å²) in [5.74, 6) is -0.370. The Labute approximate surface area is 192 Å². The van der Waals surface area contributed by atoms with Crippen LogP contribution in [0.3, 0.4) is 0 Å². The second-order valence-electron chi connectivity index (χ2n) is 8.44. The summed E-state index contributed by atoms with van der Waals surface area (Å²) in [7, 11) is 0. The summed E-state index contributed by atoms with van der Waals surface area (Å²) >= 11 is 0. The first-order valence-electron chi connectivity index (χ1n) is 12.1. The van der Waals surface area contributed by atoms with Crippen molar-refractivity contribution in [3.05, 3.63) is 0 Å². The fourth-order valence-corrected chi connectivity index (χ4v) is 3.53. The van der Waals surface area contributed by atoms with Crippen LogP contribution >= 0.6 is 0 Å². The summed E-state index contributed by atoms with van der Waals surface area (Å²) < 4.78 is 21.9. The minimum Gasteiger partial charge on any atom is -0.457 e. The van der Waals surface area contributed by atoms with E-state index in [9.17, 15) is 25.2 Å². The van der Waals surface area contributed by atoms with Gasteiger partial charge >= 0.3 is 5.97 Å². The number of aliphatic hydroxyl groups is 4. The van der Waals surface area contributed by atoms with Gasteiger partial charge in [-0.25, -0.2) is 0 Å². The number of esters is 1. The fraction of sp³-hybridized carbons (Fsp3) is 0.957. The number of unbranched alkanes of at least 4 members (excludes halogenated alkanes) is 7. The second-order valence-corrected chi connectivity index (χ2v) is 8.44. The summed E-state index contributed by atoms with van der Waals surface area (Å²) in [6.45, 7) is 4.12. The van der Waals surface area contributed by atoms with Gasteiger partial charge in [-0.3, -0.25) is 4.79 Å². The van der Waals surface area contributed by atoms with Crippen LogP contribution in [0.15, 0.2) is 0 Å². The highest BCUT2D eigenvalue weighted by atomic mass is 16.7. The zero-order chi connectivity index (χ0) is 23.8. The van der Waals surface area contributed by atoms with Crippen molar-refractivity contribution in [2.45, 2.75) is 115 Å². The number of hydrogen-bond donors (Lipinski definition) is 4. The first kappa shape index (κ1) is 29.2. The first-order valence-corrected chi connectivity index (χ1v) is 12.1. The molecule has 0 aliphatic carbocycles. The van der Waals surface area contributed by atoms with Crippen LogP contribution in [-0.4, -0.2) is 89.6 Å². The van der Waals surface area contributed by atoms with Gasteiger partial charge in [-0.15, -0.1) is 0 Å². The summed E-state index contributed by atoms with van der Waals surface area (Å²) in [6, 6.07) is 0. The van der Waals surface area contributed by atoms with E-state index in [1.807, 2.05) is 6.92 Å². The van der Waals surface area contributed by atoms with E-state index in [4.69, 9.17) is 18.9 Å². The van der Waals surface area contributed by atoms with Crippen LogP contribution in [0.25, 0.3) is 0 Å². The standard InChI is InChI=1S/C23H44O9/c1-3-5-6-7-8-9-10-11-13-29-15-17(31-19(25)12-4-2)16-30-23-22(28)21(27)20(26)18(14-24)32-23/h17-18,20-24,26-28H,3-16H2,1-2H3. The number of aliphatic hydroxyl groups excluding tert-OH is 4. The normalized spacial score (nSPS) is 26.8. The maximum absolute atomic E-state index is 11.9. The predicted octanol–water partition coefficient (Wildman–Crippen LogP) is 1.67. The van der Waals surface area contributed by atoms with E-state index in [-0.39, 0.29) is 25.6 Å². The molecule has 0 aromatic carbocycles. The van der Waals surface area contributed by atoms with E-state index >= 15 is 0 Å². The molecule has 0 amide bonds. The predicted molar refractivity (Wildman–Crippen MR) is 118 cm³/mol. The molecular formula is C23H44O9. The van der Waals surface area contributed by atoms with Crippen LogP contribution in [0.5, 0.6) is 0 Å². The lowest BCUT2D eigenvalue weighted by molar-refractivity contribution is -0.305. The van der Waals surface area contributed by atoms with Crippen LogP contribution in [0, 0.1) is 0 Å². The maximum atomic E-state index is 11.9. The molecule has 1 rings (SSSR count). The molecule has 0 aromatic heterocycles. The van der Waals surface area contributed by atoms with Gasteiger partial charge in [-0.1, -0.05) is 58.8 Å². The molecule has 4 N–H and O–H groups in total. The van der Waals surface area contributed by atoms with Crippen molar-refractivity contribution < 1.29 is 44.2 Å². The van der Waals surface area contributed by atoms with E-state index in [1.54, 1.807) is 0 Å². The van der Waals surface area contributed by atoms with Crippen molar-refractivity contribution in [1.82, 2.24) is 0 Å². The zero-order valence-corrected chi connectivity index (χ0v) is 19.7. The molecular weight excluding hydrogens is 420 g/mol. The molecule has 0 bridgehead atoms. The maximum Gasteiger partial charge on any atom is 0.306 e. The van der Waals surface area contributed by atoms with Crippen molar-refractivity contribution in [2.75, 3.05) is 26.4 Å². The van der Waals surface area contributed by atoms with Gasteiger partial charge in [0.25, 0.3) is 0 Å². The molecule has 1 aliphatic rings. The van der Waals surface area contributed by atoms with E-state index in [1.165, 1.54) is 38.5 Å². The molecule has 0 saturated carbocycles. The number of hydrogen-bond acceptors (Lipinski definition) is 9. The zero-order valence-electron chi connectivity index (χ0n) is 19.7. The largest absolute Gasteiger partial charge is 0.457 e. The van der Waals surface area contributed by atoms with Crippen LogP contribution in [0.2, 0.25) is 0 Å². The molecule has 6 atom stereocenters. The lowest BCUT2D eigenvalue weighted by atomic mass is 9.99. The smallest absolute Gasteiger partial charge is 0.306 e. The topological polar surface area (TPSA) is 135 Å². The Bertz CT molecular complexity index is 474. The molecule has 1 heterocycles. The molecule has 1 saturated heterocycles. The van der Waals surface area contributed by atoms with E-state index in [0.717, 1.165) is 12.8 Å². The van der Waals surface area contributed by atoms with Crippen molar-refractivity contribution in [1.29, 1.82) is 0 Å². The summed E-state index contributed by atoms with van der Waals surface area (Å²) in [6.07, 6.45) is 2.98. The van der Waals surface area contributed by atoms with Crippen molar-refractivity contribution in [2.24, 2.45) is 0 Å². The fourth-order valence-electron chi connectivity index (χ4n) is 3.53. The lowest BCUT2D eigenvalue weighted by Gasteiger charge is -2.39. The minimum absolute atomic E-state index is 0.116. The van der Waals surface area contributed by atoms with Crippen molar-refractivity contribution in [3.63, 3.8) is 0 Å². The van der Waals surface area contributed by atoms with Gasteiger partial charge in [0, 0.05) is 13.0 Å². The third-order valence-corrected chi connectivity index (χ3v) is 5.49. The highest BCUT2D eigenvalue weighted by Gasteiger charge is 2.44.